The van der Waals surface area contributed by atoms with E-state index in [1.807, 2.05) is 0 Å². The molecule has 0 bridgehead atoms. The summed E-state index contributed by atoms with van der Waals surface area (Å²) >= 11 is 0. The second-order valence-corrected chi connectivity index (χ2v) is 5.06. The number of anilines is 1. The zero-order valence-electron chi connectivity index (χ0n) is 12.0. The molecule has 1 aromatic carbocycles. The smallest absolute Gasteiger partial charge is 0.412 e. The minimum atomic E-state index is -0.593. The van der Waals surface area contributed by atoms with Gasteiger partial charge in [0.1, 0.15) is 11.4 Å². The number of carbonyl (C=O) groups excluding carboxylic acids is 2. The summed E-state index contributed by atoms with van der Waals surface area (Å²) in [5.41, 5.74) is 0.557. The van der Waals surface area contributed by atoms with Crippen LogP contribution >= 0.6 is 0 Å². The first-order valence-electron chi connectivity index (χ1n) is 6.06. The lowest BCUT2D eigenvalue weighted by Crippen LogP contribution is -2.27. The number of nitrogens with one attached hydrogen (secondary N) is 1. The van der Waals surface area contributed by atoms with E-state index in [1.54, 1.807) is 39.0 Å². The Morgan fingerprint density at radius 3 is 2.65 bits per heavy atom. The van der Waals surface area contributed by atoms with E-state index in [2.05, 4.69) is 10.3 Å². The van der Waals surface area contributed by atoms with Crippen molar-refractivity contribution in [3.05, 3.63) is 23.8 Å². The summed E-state index contributed by atoms with van der Waals surface area (Å²) in [4.78, 5) is 25.5. The number of rotatable bonds is 4. The van der Waals surface area contributed by atoms with Crippen molar-refractivity contribution in [2.45, 2.75) is 32.9 Å². The number of aliphatic imine (C=N–C) groups is 1. The van der Waals surface area contributed by atoms with Crippen LogP contribution in [0.25, 0.3) is 0 Å². The molecule has 6 heteroatoms. The molecule has 0 unspecified atom stereocenters. The zero-order chi connectivity index (χ0) is 15.2. The second kappa shape index (κ2) is 6.73. The number of amides is 1. The number of hydrogen-bond donors (Lipinski definition) is 1. The van der Waals surface area contributed by atoms with Gasteiger partial charge in [0.15, 0.2) is 0 Å². The molecule has 0 aliphatic rings. The Morgan fingerprint density at radius 1 is 1.40 bits per heavy atom. The summed E-state index contributed by atoms with van der Waals surface area (Å²) < 4.78 is 10.3. The van der Waals surface area contributed by atoms with Crippen molar-refractivity contribution in [2.75, 3.05) is 12.4 Å². The van der Waals surface area contributed by atoms with Crippen molar-refractivity contribution in [1.82, 2.24) is 0 Å². The first-order chi connectivity index (χ1) is 9.35. The lowest BCUT2D eigenvalue weighted by atomic mass is 10.1. The second-order valence-electron chi connectivity index (χ2n) is 5.06. The zero-order valence-corrected chi connectivity index (χ0v) is 12.0. The van der Waals surface area contributed by atoms with Crippen LogP contribution in [-0.2, 0) is 16.1 Å². The summed E-state index contributed by atoms with van der Waals surface area (Å²) in [6.07, 6.45) is 0.882. The predicted molar refractivity (Wildman–Crippen MR) is 74.7 cm³/mol. The van der Waals surface area contributed by atoms with Gasteiger partial charge in [-0.2, -0.15) is 0 Å². The molecule has 20 heavy (non-hydrogen) atoms. The molecule has 0 aromatic heterocycles. The molecule has 1 N–H and O–H groups in total. The van der Waals surface area contributed by atoms with E-state index in [9.17, 15) is 9.59 Å². The Balaban J connectivity index is 2.95. The first kappa shape index (κ1) is 15.7. The van der Waals surface area contributed by atoms with E-state index >= 15 is 0 Å². The number of carbonyl (C=O) groups is 1. The van der Waals surface area contributed by atoms with Crippen LogP contribution in [0.2, 0.25) is 0 Å². The molecule has 108 valence electrons. The van der Waals surface area contributed by atoms with Crippen LogP contribution in [0.5, 0.6) is 5.75 Å². The number of nitrogens with zero attached hydrogens (tertiary/aromatic N) is 1. The molecular weight excluding hydrogens is 260 g/mol. The number of ether oxygens (including phenoxy) is 2. The van der Waals surface area contributed by atoms with Crippen molar-refractivity contribution < 1.29 is 19.1 Å². The van der Waals surface area contributed by atoms with Crippen molar-refractivity contribution >= 4 is 17.9 Å². The highest BCUT2D eigenvalue weighted by Gasteiger charge is 2.17. The Kier molecular flexibility index (Phi) is 5.29. The fourth-order valence-corrected chi connectivity index (χ4v) is 1.47. The lowest BCUT2D eigenvalue weighted by molar-refractivity contribution is 0.0636. The van der Waals surface area contributed by atoms with E-state index in [1.165, 1.54) is 13.2 Å². The average Bonchev–Trinajstić information content (AvgIpc) is 2.34. The van der Waals surface area contributed by atoms with Crippen molar-refractivity contribution in [3.63, 3.8) is 0 Å². The molecule has 1 aromatic rings. The van der Waals surface area contributed by atoms with Crippen molar-refractivity contribution in [3.8, 4) is 5.75 Å². The Bertz CT molecular complexity index is 528. The molecule has 0 aliphatic carbocycles. The maximum absolute atomic E-state index is 11.8. The van der Waals surface area contributed by atoms with Crippen LogP contribution in [0.3, 0.4) is 0 Å². The third kappa shape index (κ3) is 5.12. The minimum absolute atomic E-state index is 0.124. The van der Waals surface area contributed by atoms with Gasteiger partial charge in [0.2, 0.25) is 6.08 Å². The maximum Gasteiger partial charge on any atom is 0.412 e. The van der Waals surface area contributed by atoms with E-state index < -0.39 is 11.7 Å². The van der Waals surface area contributed by atoms with E-state index in [4.69, 9.17) is 9.47 Å². The molecule has 0 spiro atoms. The van der Waals surface area contributed by atoms with Gasteiger partial charge in [0, 0.05) is 6.07 Å². The Labute approximate surface area is 117 Å². The van der Waals surface area contributed by atoms with E-state index in [-0.39, 0.29) is 6.54 Å². The summed E-state index contributed by atoms with van der Waals surface area (Å²) in [7, 11) is 1.52. The summed E-state index contributed by atoms with van der Waals surface area (Å²) in [5, 5.41) is 2.62. The first-order valence-corrected chi connectivity index (χ1v) is 6.06. The minimum Gasteiger partial charge on any atom is -0.497 e. The molecule has 0 fully saturated rings. The highest BCUT2D eigenvalue weighted by Crippen LogP contribution is 2.24. The fourth-order valence-electron chi connectivity index (χ4n) is 1.47. The molecule has 1 amide bonds. The highest BCUT2D eigenvalue weighted by atomic mass is 16.6. The maximum atomic E-state index is 11.8. The number of benzene rings is 1. The number of hydrogen-bond acceptors (Lipinski definition) is 5. The third-order valence-corrected chi connectivity index (χ3v) is 2.27. The Hall–Kier alpha value is -2.33. The lowest BCUT2D eigenvalue weighted by Gasteiger charge is -2.20. The van der Waals surface area contributed by atoms with Crippen LogP contribution in [0.4, 0.5) is 10.5 Å². The van der Waals surface area contributed by atoms with Gasteiger partial charge in [-0.1, -0.05) is 6.07 Å². The molecule has 0 atom stereocenters. The molecule has 0 aliphatic heterocycles. The summed E-state index contributed by atoms with van der Waals surface area (Å²) in [5.74, 6) is 0.579. The Morgan fingerprint density at radius 2 is 2.10 bits per heavy atom. The van der Waals surface area contributed by atoms with Gasteiger partial charge in [-0.25, -0.2) is 14.6 Å². The van der Waals surface area contributed by atoms with Crippen LogP contribution in [-0.4, -0.2) is 24.9 Å². The van der Waals surface area contributed by atoms with Crippen LogP contribution in [0, 0.1) is 0 Å². The largest absolute Gasteiger partial charge is 0.497 e. The van der Waals surface area contributed by atoms with Crippen LogP contribution < -0.4 is 10.1 Å². The van der Waals surface area contributed by atoms with Crippen molar-refractivity contribution in [1.29, 1.82) is 0 Å². The van der Waals surface area contributed by atoms with Gasteiger partial charge in [-0.3, -0.25) is 5.32 Å². The van der Waals surface area contributed by atoms with Gasteiger partial charge in [-0.05, 0) is 32.4 Å². The monoisotopic (exact) mass is 278 g/mol. The quantitative estimate of drug-likeness (QED) is 0.678. The van der Waals surface area contributed by atoms with Gasteiger partial charge < -0.3 is 9.47 Å². The third-order valence-electron chi connectivity index (χ3n) is 2.27. The molecule has 0 saturated heterocycles. The topological polar surface area (TPSA) is 77.0 Å². The van der Waals surface area contributed by atoms with E-state index in [0.717, 1.165) is 0 Å². The predicted octanol–water partition coefficient (Wildman–Crippen LogP) is 2.88. The molecule has 0 saturated carbocycles. The SMILES string of the molecule is COc1ccc(CN=C=O)c(NC(=O)OC(C)(C)C)c1. The molecule has 0 radical (unpaired) electrons. The van der Waals surface area contributed by atoms with Gasteiger partial charge in [-0.15, -0.1) is 0 Å². The molecular formula is C14H18N2O4. The number of isocyanates is 1. The molecule has 1 rings (SSSR count). The standard InChI is InChI=1S/C14H18N2O4/c1-14(2,3)20-13(18)16-12-7-11(19-4)6-5-10(12)8-15-9-17/h5-7H,8H2,1-4H3,(H,16,18). The number of methoxy groups -OCH3 is 1. The van der Waals surface area contributed by atoms with Crippen LogP contribution in [0.15, 0.2) is 23.2 Å². The summed E-state index contributed by atoms with van der Waals surface area (Å²) in [6, 6.07) is 5.07. The van der Waals surface area contributed by atoms with Crippen LogP contribution in [0.1, 0.15) is 26.3 Å². The van der Waals surface area contributed by atoms with Gasteiger partial charge >= 0.3 is 6.09 Å². The normalized spacial score (nSPS) is 10.4. The molecule has 6 nitrogen and oxygen atoms in total. The van der Waals surface area contributed by atoms with Gasteiger partial charge in [0.25, 0.3) is 0 Å². The summed E-state index contributed by atoms with van der Waals surface area (Å²) in [6.45, 7) is 5.44. The van der Waals surface area contributed by atoms with Gasteiger partial charge in [0.05, 0.1) is 19.3 Å². The molecule has 0 heterocycles. The van der Waals surface area contributed by atoms with Crippen molar-refractivity contribution in [2.24, 2.45) is 4.99 Å². The average molecular weight is 278 g/mol. The highest BCUT2D eigenvalue weighted by molar-refractivity contribution is 5.86. The van der Waals surface area contributed by atoms with E-state index in [0.29, 0.717) is 17.0 Å². The fraction of sp³-hybridized carbons (Fsp3) is 0.429.